The fraction of sp³-hybridized carbons (Fsp3) is 0.933. The molecule has 0 radical (unpaired) electrons. The van der Waals surface area contributed by atoms with Crippen molar-refractivity contribution >= 4 is 5.96 Å². The van der Waals surface area contributed by atoms with E-state index in [1.807, 2.05) is 0 Å². The van der Waals surface area contributed by atoms with Gasteiger partial charge in [-0.1, -0.05) is 6.92 Å². The van der Waals surface area contributed by atoms with E-state index in [2.05, 4.69) is 29.0 Å². The van der Waals surface area contributed by atoms with Crippen LogP contribution >= 0.6 is 0 Å². The quantitative estimate of drug-likeness (QED) is 0.590. The van der Waals surface area contributed by atoms with E-state index in [1.54, 1.807) is 0 Å². The third kappa shape index (κ3) is 4.63. The molecule has 2 heterocycles. The number of β-amino-alcohol motifs (C(OH)–C–C–N with tert-alkyl or cyclic N) is 1. The number of rotatable bonds is 4. The molecule has 0 bridgehead atoms. The van der Waals surface area contributed by atoms with Gasteiger partial charge in [-0.2, -0.15) is 0 Å². The van der Waals surface area contributed by atoms with E-state index in [-0.39, 0.29) is 6.10 Å². The van der Waals surface area contributed by atoms with Gasteiger partial charge in [0.05, 0.1) is 12.6 Å². The molecule has 1 unspecified atom stereocenters. The van der Waals surface area contributed by atoms with E-state index in [4.69, 9.17) is 4.99 Å². The van der Waals surface area contributed by atoms with Crippen LogP contribution in [0.2, 0.25) is 0 Å². The van der Waals surface area contributed by atoms with Gasteiger partial charge >= 0.3 is 0 Å². The summed E-state index contributed by atoms with van der Waals surface area (Å²) < 4.78 is 0. The molecular weight excluding hydrogens is 252 g/mol. The first-order chi connectivity index (χ1) is 9.69. The van der Waals surface area contributed by atoms with Gasteiger partial charge in [-0.3, -0.25) is 4.99 Å². The van der Waals surface area contributed by atoms with Crippen LogP contribution in [-0.4, -0.2) is 72.8 Å². The van der Waals surface area contributed by atoms with Gasteiger partial charge in [-0.25, -0.2) is 0 Å². The highest BCUT2D eigenvalue weighted by molar-refractivity contribution is 5.80. The minimum absolute atomic E-state index is 0.193. The van der Waals surface area contributed by atoms with Crippen LogP contribution < -0.4 is 5.32 Å². The van der Waals surface area contributed by atoms with Gasteiger partial charge in [0.25, 0.3) is 0 Å². The van der Waals surface area contributed by atoms with Crippen LogP contribution in [0.4, 0.5) is 0 Å². The van der Waals surface area contributed by atoms with Crippen LogP contribution in [0.5, 0.6) is 0 Å². The summed E-state index contributed by atoms with van der Waals surface area (Å²) in [7, 11) is 0. The first kappa shape index (κ1) is 15.6. The molecule has 2 atom stereocenters. The number of aliphatic hydroxyl groups excluding tert-OH is 1. The molecule has 2 rings (SSSR count). The summed E-state index contributed by atoms with van der Waals surface area (Å²) in [4.78, 5) is 9.43. The highest BCUT2D eigenvalue weighted by Crippen LogP contribution is 2.15. The lowest BCUT2D eigenvalue weighted by Crippen LogP contribution is -2.41. The number of nitrogens with zero attached hydrogens (tertiary/aromatic N) is 3. The number of hydrogen-bond donors (Lipinski definition) is 2. The zero-order chi connectivity index (χ0) is 14.4. The van der Waals surface area contributed by atoms with Crippen molar-refractivity contribution < 1.29 is 5.11 Å². The lowest BCUT2D eigenvalue weighted by molar-refractivity contribution is 0.186. The maximum atomic E-state index is 9.64. The number of guanidine groups is 1. The third-order valence-electron chi connectivity index (χ3n) is 4.22. The van der Waals surface area contributed by atoms with Crippen molar-refractivity contribution in [1.82, 2.24) is 15.1 Å². The number of aliphatic imine (C=N–C) groups is 1. The molecule has 2 fully saturated rings. The second kappa shape index (κ2) is 7.84. The Bertz CT molecular complexity index is 321. The summed E-state index contributed by atoms with van der Waals surface area (Å²) in [6.07, 6.45) is 3.35. The second-order valence-electron chi connectivity index (χ2n) is 6.17. The van der Waals surface area contributed by atoms with E-state index >= 15 is 0 Å². The minimum Gasteiger partial charge on any atom is -0.391 e. The fourth-order valence-electron chi connectivity index (χ4n) is 3.15. The van der Waals surface area contributed by atoms with Gasteiger partial charge in [0.1, 0.15) is 0 Å². The Labute approximate surface area is 123 Å². The fourth-order valence-corrected chi connectivity index (χ4v) is 3.15. The monoisotopic (exact) mass is 282 g/mol. The Morgan fingerprint density at radius 3 is 2.80 bits per heavy atom. The lowest BCUT2D eigenvalue weighted by atomic mass is 10.0. The maximum Gasteiger partial charge on any atom is 0.194 e. The van der Waals surface area contributed by atoms with Crippen LogP contribution in [0.15, 0.2) is 4.99 Å². The van der Waals surface area contributed by atoms with Crippen LogP contribution in [0.3, 0.4) is 0 Å². The molecule has 2 saturated heterocycles. The maximum absolute atomic E-state index is 9.64. The molecule has 2 N–H and O–H groups in total. The SMILES string of the molecule is CCNC(=NCCN1CCCC(C)C1)N1CC[C@@H](O)C1. The van der Waals surface area contributed by atoms with Crippen molar-refractivity contribution in [3.05, 3.63) is 0 Å². The molecule has 0 saturated carbocycles. The van der Waals surface area contributed by atoms with E-state index in [0.29, 0.717) is 6.54 Å². The van der Waals surface area contributed by atoms with Crippen molar-refractivity contribution in [3.63, 3.8) is 0 Å². The summed E-state index contributed by atoms with van der Waals surface area (Å²) in [5, 5.41) is 13.0. The largest absolute Gasteiger partial charge is 0.391 e. The van der Waals surface area contributed by atoms with Gasteiger partial charge in [0.15, 0.2) is 5.96 Å². The highest BCUT2D eigenvalue weighted by atomic mass is 16.3. The Morgan fingerprint density at radius 1 is 1.30 bits per heavy atom. The first-order valence-electron chi connectivity index (χ1n) is 8.12. The summed E-state index contributed by atoms with van der Waals surface area (Å²) in [6, 6.07) is 0. The summed E-state index contributed by atoms with van der Waals surface area (Å²) in [6.45, 7) is 11.3. The molecule has 116 valence electrons. The lowest BCUT2D eigenvalue weighted by Gasteiger charge is -2.30. The molecule has 0 amide bonds. The second-order valence-corrected chi connectivity index (χ2v) is 6.17. The molecule has 2 aliphatic heterocycles. The van der Waals surface area contributed by atoms with Crippen LogP contribution in [-0.2, 0) is 0 Å². The van der Waals surface area contributed by atoms with E-state index < -0.39 is 0 Å². The van der Waals surface area contributed by atoms with Crippen molar-refractivity contribution in [1.29, 1.82) is 0 Å². The summed E-state index contributed by atoms with van der Waals surface area (Å²) in [5.74, 6) is 1.80. The van der Waals surface area contributed by atoms with Gasteiger partial charge in [0.2, 0.25) is 0 Å². The molecule has 0 spiro atoms. The molecule has 0 aromatic carbocycles. The van der Waals surface area contributed by atoms with Crippen molar-refractivity contribution in [3.8, 4) is 0 Å². The van der Waals surface area contributed by atoms with Crippen LogP contribution in [0.25, 0.3) is 0 Å². The molecule has 5 heteroatoms. The van der Waals surface area contributed by atoms with Crippen molar-refractivity contribution in [2.24, 2.45) is 10.9 Å². The topological polar surface area (TPSA) is 51.1 Å². The zero-order valence-corrected chi connectivity index (χ0v) is 13.0. The average molecular weight is 282 g/mol. The van der Waals surface area contributed by atoms with Crippen molar-refractivity contribution in [2.75, 3.05) is 45.8 Å². The standard InChI is InChI=1S/C15H30N4O/c1-3-16-15(19-9-6-14(20)12-19)17-7-10-18-8-4-5-13(2)11-18/h13-14,20H,3-12H2,1-2H3,(H,16,17)/t13?,14-/m1/s1. The molecular formula is C15H30N4O. The van der Waals surface area contributed by atoms with Gasteiger partial charge in [0, 0.05) is 32.7 Å². The number of piperidine rings is 1. The Kier molecular flexibility index (Phi) is 6.10. The summed E-state index contributed by atoms with van der Waals surface area (Å²) in [5.41, 5.74) is 0. The molecule has 0 aromatic heterocycles. The Morgan fingerprint density at radius 2 is 2.15 bits per heavy atom. The number of hydrogen-bond acceptors (Lipinski definition) is 3. The predicted molar refractivity (Wildman–Crippen MR) is 83.0 cm³/mol. The number of nitrogens with one attached hydrogen (secondary N) is 1. The summed E-state index contributed by atoms with van der Waals surface area (Å²) >= 11 is 0. The Hall–Kier alpha value is -0.810. The van der Waals surface area contributed by atoms with Crippen LogP contribution in [0, 0.1) is 5.92 Å². The zero-order valence-electron chi connectivity index (χ0n) is 13.0. The predicted octanol–water partition coefficient (Wildman–Crippen LogP) is 0.750. The molecule has 0 aromatic rings. The number of likely N-dealkylation sites (tertiary alicyclic amines) is 2. The molecule has 20 heavy (non-hydrogen) atoms. The van der Waals surface area contributed by atoms with E-state index in [9.17, 15) is 5.11 Å². The van der Waals surface area contributed by atoms with Crippen molar-refractivity contribution in [2.45, 2.75) is 39.2 Å². The first-order valence-corrected chi connectivity index (χ1v) is 8.12. The van der Waals surface area contributed by atoms with Gasteiger partial charge in [-0.15, -0.1) is 0 Å². The van der Waals surface area contributed by atoms with Crippen LogP contribution in [0.1, 0.15) is 33.1 Å². The third-order valence-corrected chi connectivity index (χ3v) is 4.22. The Balaban J connectivity index is 1.79. The normalized spacial score (nSPS) is 28.9. The van der Waals surface area contributed by atoms with E-state index in [1.165, 1.54) is 25.9 Å². The highest BCUT2D eigenvalue weighted by Gasteiger charge is 2.23. The smallest absolute Gasteiger partial charge is 0.194 e. The molecule has 5 nitrogen and oxygen atoms in total. The molecule has 0 aliphatic carbocycles. The van der Waals surface area contributed by atoms with Gasteiger partial charge in [-0.05, 0) is 38.6 Å². The minimum atomic E-state index is -0.193. The number of aliphatic hydroxyl groups is 1. The average Bonchev–Trinajstić information content (AvgIpc) is 2.84. The van der Waals surface area contributed by atoms with E-state index in [0.717, 1.165) is 44.5 Å². The van der Waals surface area contributed by atoms with Gasteiger partial charge < -0.3 is 20.2 Å². The molecule has 2 aliphatic rings.